The first-order chi connectivity index (χ1) is 18.0. The third kappa shape index (κ3) is 4.27. The highest BCUT2D eigenvalue weighted by molar-refractivity contribution is 6.77. The van der Waals surface area contributed by atoms with E-state index in [-0.39, 0.29) is 24.5 Å². The number of aromatic nitrogens is 2. The molecule has 1 aromatic carbocycles. The fraction of sp³-hybridized carbons (Fsp3) is 0.448. The van der Waals surface area contributed by atoms with Crippen LogP contribution in [0.5, 0.6) is 0 Å². The number of ether oxygens (including phenoxy) is 1. The van der Waals surface area contributed by atoms with Gasteiger partial charge in [-0.25, -0.2) is 9.78 Å². The number of carbonyl (C=O) groups excluding carboxylic acids is 2. The Morgan fingerprint density at radius 1 is 1.18 bits per heavy atom. The topological polar surface area (TPSA) is 102 Å². The molecule has 0 bridgehead atoms. The minimum Gasteiger partial charge on any atom is -0.458 e. The third-order valence-electron chi connectivity index (χ3n) is 8.28. The second-order valence-corrected chi connectivity index (χ2v) is 16.8. The maximum atomic E-state index is 13.6. The third-order valence-corrected chi connectivity index (χ3v) is 11.5. The lowest BCUT2D eigenvalue weighted by atomic mass is 9.86. The number of hydrogen-bond acceptors (Lipinski definition) is 6. The van der Waals surface area contributed by atoms with Crippen molar-refractivity contribution < 1.29 is 19.4 Å². The Hall–Kier alpha value is -3.30. The molecule has 1 amide bonds. The molecular formula is C29H35N3O5Si. The molecule has 0 aliphatic carbocycles. The number of para-hydroxylation sites is 1. The first-order valence-electron chi connectivity index (χ1n) is 13.2. The molecule has 0 radical (unpaired) electrons. The van der Waals surface area contributed by atoms with E-state index in [1.807, 2.05) is 18.2 Å². The zero-order valence-corrected chi connectivity index (χ0v) is 23.8. The van der Waals surface area contributed by atoms with Crippen molar-refractivity contribution in [1.29, 1.82) is 0 Å². The summed E-state index contributed by atoms with van der Waals surface area (Å²) in [4.78, 5) is 44.9. The number of cyclic esters (lactones) is 1. The number of fused-ring (bicyclic) bond motifs is 5. The number of benzene rings is 1. The second-order valence-electron chi connectivity index (χ2n) is 11.5. The van der Waals surface area contributed by atoms with Crippen LogP contribution in [-0.4, -0.2) is 53.6 Å². The summed E-state index contributed by atoms with van der Waals surface area (Å²) >= 11 is 0. The van der Waals surface area contributed by atoms with Gasteiger partial charge in [0, 0.05) is 45.1 Å². The minimum absolute atomic E-state index is 0.112. The van der Waals surface area contributed by atoms with Gasteiger partial charge in [0.2, 0.25) is 5.91 Å². The largest absolute Gasteiger partial charge is 0.458 e. The van der Waals surface area contributed by atoms with E-state index in [9.17, 15) is 19.5 Å². The predicted molar refractivity (Wildman–Crippen MR) is 149 cm³/mol. The molecule has 0 spiro atoms. The van der Waals surface area contributed by atoms with Crippen LogP contribution in [0.1, 0.15) is 42.0 Å². The maximum absolute atomic E-state index is 13.6. The van der Waals surface area contributed by atoms with Crippen molar-refractivity contribution in [2.24, 2.45) is 0 Å². The van der Waals surface area contributed by atoms with Gasteiger partial charge in [-0.05, 0) is 36.6 Å². The molecule has 0 fully saturated rings. The van der Waals surface area contributed by atoms with Crippen LogP contribution in [0, 0.1) is 0 Å². The van der Waals surface area contributed by atoms with Crippen LogP contribution < -0.4 is 5.56 Å². The molecule has 38 heavy (non-hydrogen) atoms. The Morgan fingerprint density at radius 2 is 1.92 bits per heavy atom. The van der Waals surface area contributed by atoms with E-state index < -0.39 is 19.6 Å². The maximum Gasteiger partial charge on any atom is 0.343 e. The lowest BCUT2D eigenvalue weighted by Crippen LogP contribution is -2.44. The van der Waals surface area contributed by atoms with Gasteiger partial charge < -0.3 is 19.3 Å². The molecule has 0 unspecified atom stereocenters. The van der Waals surface area contributed by atoms with Gasteiger partial charge >= 0.3 is 5.97 Å². The SMILES string of the molecule is CC[C@@]1(O)C(=O)OCc2c1cc1n(c2=O)Cc2c-1nc1ccccc1c2CC[Si](C)(C)CCC(=O)N(C)C. The molecule has 2 aliphatic rings. The molecule has 4 heterocycles. The minimum atomic E-state index is -1.84. The van der Waals surface area contributed by atoms with Gasteiger partial charge in [0.25, 0.3) is 5.56 Å². The average molecular weight is 534 g/mol. The molecular weight excluding hydrogens is 498 g/mol. The number of rotatable bonds is 7. The van der Waals surface area contributed by atoms with Gasteiger partial charge in [0.05, 0.1) is 29.0 Å². The van der Waals surface area contributed by atoms with E-state index in [0.29, 0.717) is 29.8 Å². The van der Waals surface area contributed by atoms with E-state index in [0.717, 1.165) is 40.7 Å². The van der Waals surface area contributed by atoms with Crippen LogP contribution in [0.15, 0.2) is 35.1 Å². The molecule has 3 aromatic rings. The Morgan fingerprint density at radius 3 is 2.63 bits per heavy atom. The summed E-state index contributed by atoms with van der Waals surface area (Å²) in [6, 6.07) is 11.7. The van der Waals surface area contributed by atoms with Gasteiger partial charge in [0.15, 0.2) is 5.60 Å². The van der Waals surface area contributed by atoms with E-state index in [1.165, 1.54) is 5.56 Å². The van der Waals surface area contributed by atoms with Gasteiger partial charge in [-0.3, -0.25) is 9.59 Å². The van der Waals surface area contributed by atoms with Crippen LogP contribution in [0.25, 0.3) is 22.3 Å². The van der Waals surface area contributed by atoms with Gasteiger partial charge in [-0.2, -0.15) is 0 Å². The fourth-order valence-electron chi connectivity index (χ4n) is 5.66. The Labute approximate surface area is 223 Å². The Balaban J connectivity index is 1.58. The monoisotopic (exact) mass is 533 g/mol. The molecule has 2 aliphatic heterocycles. The van der Waals surface area contributed by atoms with Crippen molar-refractivity contribution in [2.45, 2.75) is 70.1 Å². The molecule has 5 rings (SSSR count). The standard InChI is InChI=1S/C29H35N3O5Si/c1-6-29(36)22-15-24-26-20(16-32(24)27(34)21(22)17-37-28(29)35)18(19-9-7-8-10-23(19)30-26)11-13-38(4,5)14-12-25(33)31(2)3/h7-10,15,36H,6,11-14,16-17H2,1-5H3/t29-/m0/s1. The Bertz CT molecular complexity index is 1530. The highest BCUT2D eigenvalue weighted by atomic mass is 28.3. The lowest BCUT2D eigenvalue weighted by molar-refractivity contribution is -0.172. The van der Waals surface area contributed by atoms with Gasteiger partial charge in [-0.1, -0.05) is 44.3 Å². The van der Waals surface area contributed by atoms with Crippen molar-refractivity contribution >= 4 is 30.9 Å². The summed E-state index contributed by atoms with van der Waals surface area (Å²) in [7, 11) is 1.91. The van der Waals surface area contributed by atoms with Crippen molar-refractivity contribution in [3.05, 3.63) is 62.9 Å². The van der Waals surface area contributed by atoms with E-state index in [4.69, 9.17) is 9.72 Å². The number of amides is 1. The van der Waals surface area contributed by atoms with Crippen molar-refractivity contribution in [3.8, 4) is 11.4 Å². The van der Waals surface area contributed by atoms with Crippen molar-refractivity contribution in [1.82, 2.24) is 14.5 Å². The lowest BCUT2D eigenvalue weighted by Gasteiger charge is -2.31. The molecule has 0 saturated carbocycles. The fourth-order valence-corrected chi connectivity index (χ4v) is 7.72. The zero-order valence-electron chi connectivity index (χ0n) is 22.8. The van der Waals surface area contributed by atoms with Crippen LogP contribution in [0.4, 0.5) is 0 Å². The molecule has 2 aromatic heterocycles. The van der Waals surface area contributed by atoms with Crippen LogP contribution in [-0.2, 0) is 39.5 Å². The first kappa shape index (κ1) is 26.3. The molecule has 0 saturated heterocycles. The summed E-state index contributed by atoms with van der Waals surface area (Å²) in [5.41, 5.74) is 2.99. The summed E-state index contributed by atoms with van der Waals surface area (Å²) in [6.07, 6.45) is 1.51. The quantitative estimate of drug-likeness (QED) is 0.286. The van der Waals surface area contributed by atoms with Gasteiger partial charge in [-0.15, -0.1) is 0 Å². The number of esters is 1. The normalized spacial score (nSPS) is 18.1. The first-order valence-corrected chi connectivity index (χ1v) is 16.7. The zero-order chi connectivity index (χ0) is 27.4. The number of aryl methyl sites for hydroxylation is 1. The number of hydrogen-bond donors (Lipinski definition) is 1. The smallest absolute Gasteiger partial charge is 0.343 e. The molecule has 1 N–H and O–H groups in total. The average Bonchev–Trinajstić information content (AvgIpc) is 3.26. The summed E-state index contributed by atoms with van der Waals surface area (Å²) in [5, 5.41) is 12.2. The van der Waals surface area contributed by atoms with Crippen molar-refractivity contribution in [3.63, 3.8) is 0 Å². The number of carbonyl (C=O) groups is 2. The molecule has 200 valence electrons. The van der Waals surface area contributed by atoms with Crippen LogP contribution in [0.3, 0.4) is 0 Å². The summed E-state index contributed by atoms with van der Waals surface area (Å²) in [5.74, 6) is -0.559. The van der Waals surface area contributed by atoms with Crippen molar-refractivity contribution in [2.75, 3.05) is 14.1 Å². The summed E-state index contributed by atoms with van der Waals surface area (Å²) in [6.45, 7) is 6.62. The highest BCUT2D eigenvalue weighted by Crippen LogP contribution is 2.40. The number of pyridine rings is 2. The second kappa shape index (κ2) is 9.46. The molecule has 9 heteroatoms. The van der Waals surface area contributed by atoms with Crippen LogP contribution in [0.2, 0.25) is 25.2 Å². The summed E-state index contributed by atoms with van der Waals surface area (Å²) < 4.78 is 6.91. The number of nitrogens with zero attached hydrogens (tertiary/aromatic N) is 3. The van der Waals surface area contributed by atoms with Gasteiger partial charge in [0.1, 0.15) is 6.61 Å². The Kier molecular flexibility index (Phi) is 6.55. The number of aliphatic hydroxyl groups is 1. The van der Waals surface area contributed by atoms with E-state index in [2.05, 4.69) is 19.2 Å². The van der Waals surface area contributed by atoms with E-state index >= 15 is 0 Å². The molecule has 8 nitrogen and oxygen atoms in total. The van der Waals surface area contributed by atoms with E-state index in [1.54, 1.807) is 36.6 Å². The van der Waals surface area contributed by atoms with Crippen LogP contribution >= 0.6 is 0 Å². The predicted octanol–water partition coefficient (Wildman–Crippen LogP) is 3.81. The molecule has 1 atom stereocenters. The highest BCUT2D eigenvalue weighted by Gasteiger charge is 2.45.